The number of cyclic esters (lactones) is 1. The summed E-state index contributed by atoms with van der Waals surface area (Å²) in [5.74, 6) is -1.24. The van der Waals surface area contributed by atoms with Crippen LogP contribution < -0.4 is 4.90 Å². The first kappa shape index (κ1) is 32.0. The van der Waals surface area contributed by atoms with Gasteiger partial charge in [-0.15, -0.1) is 0 Å². The maximum atomic E-state index is 14.9. The Kier molecular flexibility index (Phi) is 11.4. The van der Waals surface area contributed by atoms with Gasteiger partial charge in [-0.3, -0.25) is 4.79 Å². The van der Waals surface area contributed by atoms with Gasteiger partial charge in [0.1, 0.15) is 18.0 Å². The highest BCUT2D eigenvalue weighted by molar-refractivity contribution is 5.71. The van der Waals surface area contributed by atoms with E-state index < -0.39 is 24.3 Å². The highest BCUT2D eigenvalue weighted by Gasteiger charge is 2.29. The third kappa shape index (κ3) is 8.78. The normalized spacial score (nSPS) is 29.7. The Morgan fingerprint density at radius 3 is 2.50 bits per heavy atom. The van der Waals surface area contributed by atoms with Gasteiger partial charge in [0.25, 0.3) is 0 Å². The molecule has 0 saturated carbocycles. The Hall–Kier alpha value is -2.95. The van der Waals surface area contributed by atoms with Crippen molar-refractivity contribution in [2.45, 2.75) is 58.3 Å². The van der Waals surface area contributed by atoms with Gasteiger partial charge in [0.2, 0.25) is 0 Å². The largest absolute Gasteiger partial charge is 0.457 e. The summed E-state index contributed by atoms with van der Waals surface area (Å²) in [5, 5.41) is 10.6. The molecule has 0 unspecified atom stereocenters. The molecule has 2 saturated heterocycles. The molecule has 232 valence electrons. The van der Waals surface area contributed by atoms with E-state index in [4.69, 9.17) is 14.2 Å². The summed E-state index contributed by atoms with van der Waals surface area (Å²) in [6.07, 6.45) is 3.88. The molecule has 0 spiro atoms. The van der Waals surface area contributed by atoms with Gasteiger partial charge < -0.3 is 34.0 Å². The van der Waals surface area contributed by atoms with Crippen LogP contribution in [0.4, 0.5) is 14.9 Å². The molecule has 4 rings (SSSR count). The standard InChI is InChI=1S/C32H46FN3O6/c1-22-5-8-27(37)21-30(38)42-31(23(2)6-10-29(22)41-32(39)36-13-11-34(4)12-14-36)24(3)19-25-20-26(7-9-28(25)33)35-15-17-40-18-16-35/h6-7,9-10,19-20,22-23,27,29,31,37H,5,8,11-18,21H2,1-4H3/b10-6+,24-19+/t22-,23-,27+,29-,31-/m0/s1. The van der Waals surface area contributed by atoms with Crippen molar-refractivity contribution >= 4 is 23.8 Å². The fourth-order valence-electron chi connectivity index (χ4n) is 5.62. The maximum absolute atomic E-state index is 14.9. The van der Waals surface area contributed by atoms with Gasteiger partial charge in [0, 0.05) is 56.4 Å². The van der Waals surface area contributed by atoms with Crippen molar-refractivity contribution < 1.29 is 33.3 Å². The minimum atomic E-state index is -0.875. The summed E-state index contributed by atoms with van der Waals surface area (Å²) in [6.45, 7) is 11.2. The molecule has 1 aromatic rings. The number of esters is 1. The third-order valence-corrected chi connectivity index (χ3v) is 8.44. The lowest BCUT2D eigenvalue weighted by Crippen LogP contribution is -2.48. The molecule has 2 fully saturated rings. The molecule has 10 heteroatoms. The number of hydrogen-bond acceptors (Lipinski definition) is 8. The minimum Gasteiger partial charge on any atom is -0.457 e. The number of benzene rings is 1. The Labute approximate surface area is 248 Å². The zero-order valence-electron chi connectivity index (χ0n) is 25.3. The molecule has 42 heavy (non-hydrogen) atoms. The number of aliphatic hydroxyl groups is 1. The lowest BCUT2D eigenvalue weighted by Gasteiger charge is -2.33. The van der Waals surface area contributed by atoms with Crippen LogP contribution in [0.15, 0.2) is 35.9 Å². The molecule has 3 heterocycles. The van der Waals surface area contributed by atoms with Crippen LogP contribution in [0.3, 0.4) is 0 Å². The number of likely N-dealkylation sites (N-methyl/N-ethyl adjacent to an activating group) is 1. The van der Waals surface area contributed by atoms with Crippen LogP contribution in [0.1, 0.15) is 45.6 Å². The minimum absolute atomic E-state index is 0.0675. The molecule has 1 amide bonds. The number of halogens is 1. The fourth-order valence-corrected chi connectivity index (χ4v) is 5.62. The van der Waals surface area contributed by atoms with Gasteiger partial charge in [-0.2, -0.15) is 0 Å². The number of rotatable bonds is 4. The van der Waals surface area contributed by atoms with E-state index in [0.717, 1.165) is 31.9 Å². The van der Waals surface area contributed by atoms with Crippen molar-refractivity contribution in [1.29, 1.82) is 0 Å². The number of morpholine rings is 1. The number of hydrogen-bond donors (Lipinski definition) is 1. The van der Waals surface area contributed by atoms with E-state index in [9.17, 15) is 19.1 Å². The van der Waals surface area contributed by atoms with Gasteiger partial charge in [-0.1, -0.05) is 19.9 Å². The zero-order valence-corrected chi connectivity index (χ0v) is 25.3. The van der Waals surface area contributed by atoms with Crippen LogP contribution in [0.5, 0.6) is 0 Å². The van der Waals surface area contributed by atoms with Crippen LogP contribution in [0.2, 0.25) is 0 Å². The van der Waals surface area contributed by atoms with Gasteiger partial charge in [0.05, 0.1) is 25.7 Å². The summed E-state index contributed by atoms with van der Waals surface area (Å²) in [5.41, 5.74) is 1.98. The Bertz CT molecular complexity index is 1130. The quantitative estimate of drug-likeness (QED) is 0.416. The number of ether oxygens (including phenoxy) is 3. The SMILES string of the molecule is C/C(=C\c1cc(N2CCOCC2)ccc1F)[C@H]1OC(=O)C[C@H](O)CC[C@H](C)[C@@H](OC(=O)N2CCN(C)CC2)/C=C/[C@@H]1C. The van der Waals surface area contributed by atoms with Crippen LogP contribution in [-0.4, -0.2) is 105 Å². The number of carbonyl (C=O) groups is 2. The van der Waals surface area contributed by atoms with E-state index in [0.29, 0.717) is 50.3 Å². The summed E-state index contributed by atoms with van der Waals surface area (Å²) >= 11 is 0. The highest BCUT2D eigenvalue weighted by Crippen LogP contribution is 2.28. The van der Waals surface area contributed by atoms with Crippen molar-refractivity contribution in [2.75, 3.05) is 64.4 Å². The smallest absolute Gasteiger partial charge is 0.410 e. The van der Waals surface area contributed by atoms with E-state index in [1.54, 1.807) is 23.1 Å². The average molecular weight is 588 g/mol. The van der Waals surface area contributed by atoms with Gasteiger partial charge in [-0.25, -0.2) is 9.18 Å². The van der Waals surface area contributed by atoms with Crippen LogP contribution in [0, 0.1) is 17.7 Å². The lowest BCUT2D eigenvalue weighted by molar-refractivity contribution is -0.151. The first-order valence-electron chi connectivity index (χ1n) is 15.1. The molecule has 3 aliphatic rings. The molecule has 0 bridgehead atoms. The first-order valence-corrected chi connectivity index (χ1v) is 15.1. The molecule has 9 nitrogen and oxygen atoms in total. The lowest BCUT2D eigenvalue weighted by atomic mass is 9.91. The van der Waals surface area contributed by atoms with Crippen molar-refractivity contribution in [3.05, 3.63) is 47.3 Å². The van der Waals surface area contributed by atoms with Crippen LogP contribution in [-0.2, 0) is 19.0 Å². The highest BCUT2D eigenvalue weighted by atomic mass is 19.1. The number of nitrogens with zero attached hydrogens (tertiary/aromatic N) is 3. The zero-order chi connectivity index (χ0) is 30.2. The van der Waals surface area contributed by atoms with Crippen molar-refractivity contribution in [3.63, 3.8) is 0 Å². The van der Waals surface area contributed by atoms with Crippen LogP contribution >= 0.6 is 0 Å². The maximum Gasteiger partial charge on any atom is 0.410 e. The Morgan fingerprint density at radius 2 is 1.79 bits per heavy atom. The molecule has 0 radical (unpaired) electrons. The van der Waals surface area contributed by atoms with E-state index in [1.165, 1.54) is 6.07 Å². The second-order valence-corrected chi connectivity index (χ2v) is 11.9. The molecule has 0 aliphatic carbocycles. The number of anilines is 1. The van der Waals surface area contributed by atoms with E-state index in [2.05, 4.69) is 9.80 Å². The molecule has 1 aromatic carbocycles. The second kappa shape index (κ2) is 15.0. The molecular formula is C32H46FN3O6. The predicted octanol–water partition coefficient (Wildman–Crippen LogP) is 4.10. The van der Waals surface area contributed by atoms with Crippen molar-refractivity contribution in [1.82, 2.24) is 9.80 Å². The summed E-state index contributed by atoms with van der Waals surface area (Å²) in [6, 6.07) is 5.03. The van der Waals surface area contributed by atoms with Gasteiger partial charge >= 0.3 is 12.1 Å². The third-order valence-electron chi connectivity index (χ3n) is 8.44. The number of carbonyl (C=O) groups excluding carboxylic acids is 2. The second-order valence-electron chi connectivity index (χ2n) is 11.9. The summed E-state index contributed by atoms with van der Waals surface area (Å²) in [4.78, 5) is 31.9. The van der Waals surface area contributed by atoms with E-state index in [1.807, 2.05) is 40.0 Å². The van der Waals surface area contributed by atoms with Crippen molar-refractivity contribution in [3.8, 4) is 0 Å². The van der Waals surface area contributed by atoms with Crippen LogP contribution in [0.25, 0.3) is 6.08 Å². The van der Waals surface area contributed by atoms with E-state index in [-0.39, 0.29) is 30.2 Å². The molecule has 5 atom stereocenters. The fraction of sp³-hybridized carbons (Fsp3) is 0.625. The number of piperazine rings is 1. The molecular weight excluding hydrogens is 541 g/mol. The molecule has 3 aliphatic heterocycles. The number of aliphatic hydroxyl groups excluding tert-OH is 1. The van der Waals surface area contributed by atoms with Gasteiger partial charge in [0.15, 0.2) is 0 Å². The summed E-state index contributed by atoms with van der Waals surface area (Å²) in [7, 11) is 2.03. The first-order chi connectivity index (χ1) is 20.1. The molecule has 1 N–H and O–H groups in total. The Balaban J connectivity index is 1.56. The monoisotopic (exact) mass is 587 g/mol. The van der Waals surface area contributed by atoms with Gasteiger partial charge in [-0.05, 0) is 68.7 Å². The molecule has 0 aromatic heterocycles. The predicted molar refractivity (Wildman–Crippen MR) is 160 cm³/mol. The summed E-state index contributed by atoms with van der Waals surface area (Å²) < 4.78 is 32.3. The Morgan fingerprint density at radius 1 is 1.07 bits per heavy atom. The number of amides is 1. The average Bonchev–Trinajstić information content (AvgIpc) is 2.97. The van der Waals surface area contributed by atoms with E-state index >= 15 is 0 Å². The van der Waals surface area contributed by atoms with Crippen molar-refractivity contribution in [2.24, 2.45) is 11.8 Å². The topological polar surface area (TPSA) is 91.8 Å².